The van der Waals surface area contributed by atoms with Crippen LogP contribution in [0.25, 0.3) is 0 Å². The van der Waals surface area contributed by atoms with Gasteiger partial charge >= 0.3 is 5.97 Å². The molecule has 16 heavy (non-hydrogen) atoms. The molecular formula is C11H13N3O2. The maximum absolute atomic E-state index is 10.7. The summed E-state index contributed by atoms with van der Waals surface area (Å²) < 4.78 is 3.82. The quantitative estimate of drug-likeness (QED) is 0.839. The lowest BCUT2D eigenvalue weighted by atomic mass is 10.3. The Balaban J connectivity index is 2.00. The van der Waals surface area contributed by atoms with E-state index in [1.165, 1.54) is 0 Å². The molecule has 5 nitrogen and oxygen atoms in total. The number of aryl methyl sites for hydroxylation is 3. The first-order valence-electron chi connectivity index (χ1n) is 5.02. The molecule has 0 unspecified atom stereocenters. The summed E-state index contributed by atoms with van der Waals surface area (Å²) in [5, 5.41) is 8.76. The first-order chi connectivity index (χ1) is 7.66. The Morgan fingerprint density at radius 2 is 2.31 bits per heavy atom. The van der Waals surface area contributed by atoms with E-state index >= 15 is 0 Å². The molecule has 0 atom stereocenters. The Morgan fingerprint density at radius 3 is 2.88 bits per heavy atom. The number of aromatic nitrogens is 3. The molecule has 84 valence electrons. The van der Waals surface area contributed by atoms with Crippen molar-refractivity contribution in [2.75, 3.05) is 0 Å². The molecule has 2 heterocycles. The Kier molecular flexibility index (Phi) is 2.76. The van der Waals surface area contributed by atoms with Crippen molar-refractivity contribution in [1.82, 2.24) is 14.1 Å². The molecule has 0 radical (unpaired) electrons. The highest BCUT2D eigenvalue weighted by Gasteiger charge is 2.05. The van der Waals surface area contributed by atoms with Gasteiger partial charge in [0.15, 0.2) is 0 Å². The van der Waals surface area contributed by atoms with E-state index in [9.17, 15) is 4.79 Å². The van der Waals surface area contributed by atoms with Crippen LogP contribution in [-0.2, 0) is 20.0 Å². The molecule has 5 heteroatoms. The van der Waals surface area contributed by atoms with Crippen LogP contribution >= 0.6 is 0 Å². The first kappa shape index (κ1) is 10.5. The van der Waals surface area contributed by atoms with Crippen LogP contribution in [0.2, 0.25) is 0 Å². The lowest BCUT2D eigenvalue weighted by Gasteiger charge is -2.02. The standard InChI is InChI=1S/C11H13N3O2/c1-13-7-4-12-10(13)3-6-14-5-2-9(8-14)11(15)16/h2,4-5,7-8H,3,6H2,1H3,(H,15,16). The van der Waals surface area contributed by atoms with E-state index in [0.717, 1.165) is 18.8 Å². The van der Waals surface area contributed by atoms with E-state index in [4.69, 9.17) is 5.11 Å². The normalized spacial score (nSPS) is 10.6. The minimum absolute atomic E-state index is 0.319. The van der Waals surface area contributed by atoms with Gasteiger partial charge in [-0.05, 0) is 6.07 Å². The minimum Gasteiger partial charge on any atom is -0.478 e. The number of carboxylic acid groups (broad SMARTS) is 1. The van der Waals surface area contributed by atoms with Gasteiger partial charge in [0.2, 0.25) is 0 Å². The maximum atomic E-state index is 10.7. The first-order valence-corrected chi connectivity index (χ1v) is 5.02. The van der Waals surface area contributed by atoms with Crippen LogP contribution in [-0.4, -0.2) is 25.2 Å². The number of hydrogen-bond donors (Lipinski definition) is 1. The van der Waals surface area contributed by atoms with E-state index in [0.29, 0.717) is 5.56 Å². The predicted octanol–water partition coefficient (Wildman–Crippen LogP) is 1.16. The average Bonchev–Trinajstić information content (AvgIpc) is 2.83. The van der Waals surface area contributed by atoms with Crippen molar-refractivity contribution < 1.29 is 9.90 Å². The van der Waals surface area contributed by atoms with Gasteiger partial charge < -0.3 is 14.2 Å². The summed E-state index contributed by atoms with van der Waals surface area (Å²) in [6.07, 6.45) is 7.84. The molecule has 0 saturated carbocycles. The molecule has 0 amide bonds. The molecule has 0 fully saturated rings. The molecule has 2 aromatic rings. The average molecular weight is 219 g/mol. The maximum Gasteiger partial charge on any atom is 0.337 e. The number of carboxylic acids is 1. The number of nitrogens with zero attached hydrogens (tertiary/aromatic N) is 3. The predicted molar refractivity (Wildman–Crippen MR) is 58.3 cm³/mol. The van der Waals surface area contributed by atoms with Gasteiger partial charge in [-0.25, -0.2) is 9.78 Å². The molecule has 0 aromatic carbocycles. The lowest BCUT2D eigenvalue weighted by Crippen LogP contribution is -2.04. The number of aromatic carboxylic acids is 1. The molecule has 0 spiro atoms. The van der Waals surface area contributed by atoms with E-state index in [-0.39, 0.29) is 0 Å². The van der Waals surface area contributed by atoms with Crippen LogP contribution in [0.4, 0.5) is 0 Å². The molecular weight excluding hydrogens is 206 g/mol. The molecule has 0 aliphatic rings. The molecule has 2 aromatic heterocycles. The fourth-order valence-electron chi connectivity index (χ4n) is 1.57. The van der Waals surface area contributed by atoms with Crippen LogP contribution in [0.1, 0.15) is 16.2 Å². The van der Waals surface area contributed by atoms with Crippen LogP contribution in [0, 0.1) is 0 Å². The second-order valence-electron chi connectivity index (χ2n) is 3.65. The van der Waals surface area contributed by atoms with Crippen molar-refractivity contribution in [2.45, 2.75) is 13.0 Å². The second-order valence-corrected chi connectivity index (χ2v) is 3.65. The van der Waals surface area contributed by atoms with Crippen LogP contribution in [0.5, 0.6) is 0 Å². The summed E-state index contributed by atoms with van der Waals surface area (Å²) >= 11 is 0. The summed E-state index contributed by atoms with van der Waals surface area (Å²) in [6, 6.07) is 1.60. The highest BCUT2D eigenvalue weighted by atomic mass is 16.4. The molecule has 0 aliphatic carbocycles. The fourth-order valence-corrected chi connectivity index (χ4v) is 1.57. The van der Waals surface area contributed by atoms with Gasteiger partial charge in [0.1, 0.15) is 5.82 Å². The van der Waals surface area contributed by atoms with E-state index in [2.05, 4.69) is 4.98 Å². The fraction of sp³-hybridized carbons (Fsp3) is 0.273. The van der Waals surface area contributed by atoms with Crippen molar-refractivity contribution in [3.8, 4) is 0 Å². The molecule has 2 rings (SSSR count). The molecule has 1 N–H and O–H groups in total. The zero-order valence-electron chi connectivity index (χ0n) is 9.00. The molecule has 0 aliphatic heterocycles. The van der Waals surface area contributed by atoms with Crippen molar-refractivity contribution in [3.63, 3.8) is 0 Å². The monoisotopic (exact) mass is 219 g/mol. The zero-order chi connectivity index (χ0) is 11.5. The summed E-state index contributed by atoms with van der Waals surface area (Å²) in [4.78, 5) is 14.9. The third-order valence-corrected chi connectivity index (χ3v) is 2.51. The summed E-state index contributed by atoms with van der Waals surface area (Å²) in [7, 11) is 1.95. The van der Waals surface area contributed by atoms with Crippen LogP contribution in [0.15, 0.2) is 30.9 Å². The van der Waals surface area contributed by atoms with Gasteiger partial charge in [0.25, 0.3) is 0 Å². The van der Waals surface area contributed by atoms with Gasteiger partial charge in [-0.15, -0.1) is 0 Å². The topological polar surface area (TPSA) is 60.0 Å². The van der Waals surface area contributed by atoms with E-state index in [1.807, 2.05) is 22.4 Å². The summed E-state index contributed by atoms with van der Waals surface area (Å²) in [6.45, 7) is 0.734. The van der Waals surface area contributed by atoms with Crippen LogP contribution in [0.3, 0.4) is 0 Å². The summed E-state index contributed by atoms with van der Waals surface area (Å²) in [5.41, 5.74) is 0.319. The number of imidazole rings is 1. The van der Waals surface area contributed by atoms with E-state index in [1.54, 1.807) is 24.7 Å². The third kappa shape index (κ3) is 2.13. The SMILES string of the molecule is Cn1ccnc1CCn1ccc(C(=O)O)c1. The van der Waals surface area contributed by atoms with E-state index < -0.39 is 5.97 Å². The number of rotatable bonds is 4. The van der Waals surface area contributed by atoms with Crippen molar-refractivity contribution in [2.24, 2.45) is 7.05 Å². The van der Waals surface area contributed by atoms with Gasteiger partial charge in [-0.3, -0.25) is 0 Å². The smallest absolute Gasteiger partial charge is 0.337 e. The Hall–Kier alpha value is -2.04. The highest BCUT2D eigenvalue weighted by Crippen LogP contribution is 2.03. The zero-order valence-corrected chi connectivity index (χ0v) is 9.00. The van der Waals surface area contributed by atoms with Gasteiger partial charge in [0, 0.05) is 44.8 Å². The van der Waals surface area contributed by atoms with Crippen LogP contribution < -0.4 is 0 Å². The third-order valence-electron chi connectivity index (χ3n) is 2.51. The number of carbonyl (C=O) groups is 1. The minimum atomic E-state index is -0.893. The van der Waals surface area contributed by atoms with Crippen molar-refractivity contribution >= 4 is 5.97 Å². The van der Waals surface area contributed by atoms with Crippen molar-refractivity contribution in [1.29, 1.82) is 0 Å². The molecule has 0 bridgehead atoms. The number of hydrogen-bond acceptors (Lipinski definition) is 2. The Morgan fingerprint density at radius 1 is 1.50 bits per heavy atom. The van der Waals surface area contributed by atoms with Crippen molar-refractivity contribution in [3.05, 3.63) is 42.2 Å². The summed E-state index contributed by atoms with van der Waals surface area (Å²) in [5.74, 6) is 0.0984. The highest BCUT2D eigenvalue weighted by molar-refractivity contribution is 5.87. The lowest BCUT2D eigenvalue weighted by molar-refractivity contribution is 0.0697. The Labute approximate surface area is 93.0 Å². The van der Waals surface area contributed by atoms with Gasteiger partial charge in [-0.2, -0.15) is 0 Å². The van der Waals surface area contributed by atoms with Gasteiger partial charge in [0.05, 0.1) is 5.56 Å². The Bertz CT molecular complexity index is 499. The molecule has 0 saturated heterocycles. The van der Waals surface area contributed by atoms with Gasteiger partial charge in [-0.1, -0.05) is 0 Å². The second kappa shape index (κ2) is 4.22. The largest absolute Gasteiger partial charge is 0.478 e.